The first-order valence-corrected chi connectivity index (χ1v) is 5.56. The van der Waals surface area contributed by atoms with Crippen molar-refractivity contribution in [2.24, 2.45) is 10.7 Å². The van der Waals surface area contributed by atoms with Crippen LogP contribution in [0.4, 0.5) is 0 Å². The molecule has 4 heteroatoms. The molecular formula is C13H19N3O. The molecule has 1 amide bonds. The van der Waals surface area contributed by atoms with Crippen LogP contribution in [0.1, 0.15) is 26.3 Å². The monoisotopic (exact) mass is 233 g/mol. The number of nitrogens with one attached hydrogen (secondary N) is 1. The van der Waals surface area contributed by atoms with E-state index in [4.69, 9.17) is 5.73 Å². The summed E-state index contributed by atoms with van der Waals surface area (Å²) >= 11 is 0. The van der Waals surface area contributed by atoms with Crippen molar-refractivity contribution in [3.8, 4) is 0 Å². The van der Waals surface area contributed by atoms with Gasteiger partial charge in [0.25, 0.3) is 0 Å². The lowest BCUT2D eigenvalue weighted by molar-refractivity contribution is -0.119. The van der Waals surface area contributed by atoms with Gasteiger partial charge in [-0.1, -0.05) is 30.3 Å². The van der Waals surface area contributed by atoms with E-state index in [9.17, 15) is 4.79 Å². The van der Waals surface area contributed by atoms with Crippen molar-refractivity contribution < 1.29 is 4.79 Å². The highest BCUT2D eigenvalue weighted by atomic mass is 16.1. The van der Waals surface area contributed by atoms with Crippen LogP contribution < -0.4 is 11.1 Å². The number of hydrogen-bond donors (Lipinski definition) is 2. The zero-order chi connectivity index (χ0) is 12.9. The molecule has 0 aliphatic rings. The summed E-state index contributed by atoms with van der Waals surface area (Å²) in [5.41, 5.74) is 6.30. The predicted molar refractivity (Wildman–Crippen MR) is 69.7 cm³/mol. The number of aliphatic imine (C=N–C) groups is 1. The second kappa shape index (κ2) is 5.48. The van der Waals surface area contributed by atoms with E-state index in [1.165, 1.54) is 0 Å². The van der Waals surface area contributed by atoms with Crippen molar-refractivity contribution in [1.82, 2.24) is 5.32 Å². The second-order valence-electron chi connectivity index (χ2n) is 4.88. The Balaban J connectivity index is 2.54. The Hall–Kier alpha value is -1.84. The van der Waals surface area contributed by atoms with Gasteiger partial charge < -0.3 is 5.73 Å². The predicted octanol–water partition coefficient (Wildman–Crippen LogP) is 1.46. The number of hydrogen-bond acceptors (Lipinski definition) is 2. The molecule has 0 heterocycles. The Kier molecular flexibility index (Phi) is 4.26. The molecule has 0 radical (unpaired) electrons. The van der Waals surface area contributed by atoms with Gasteiger partial charge in [0.1, 0.15) is 0 Å². The van der Waals surface area contributed by atoms with E-state index in [1.807, 2.05) is 51.1 Å². The Morgan fingerprint density at radius 3 is 2.41 bits per heavy atom. The van der Waals surface area contributed by atoms with E-state index in [0.29, 0.717) is 6.42 Å². The molecule has 17 heavy (non-hydrogen) atoms. The van der Waals surface area contributed by atoms with Crippen molar-refractivity contribution in [3.63, 3.8) is 0 Å². The first kappa shape index (κ1) is 13.2. The van der Waals surface area contributed by atoms with Gasteiger partial charge >= 0.3 is 0 Å². The molecule has 4 nitrogen and oxygen atoms in total. The van der Waals surface area contributed by atoms with Gasteiger partial charge in [0.05, 0.1) is 12.0 Å². The molecule has 0 aromatic heterocycles. The summed E-state index contributed by atoms with van der Waals surface area (Å²) in [4.78, 5) is 15.8. The normalized spacial score (nSPS) is 12.3. The number of rotatable bonds is 2. The van der Waals surface area contributed by atoms with Crippen LogP contribution in [0.2, 0.25) is 0 Å². The minimum Gasteiger partial charge on any atom is -0.370 e. The Bertz CT molecular complexity index is 404. The highest BCUT2D eigenvalue weighted by molar-refractivity contribution is 5.97. The van der Waals surface area contributed by atoms with Crippen LogP contribution in [0, 0.1) is 0 Å². The third-order valence-electron chi connectivity index (χ3n) is 1.93. The molecular weight excluding hydrogens is 214 g/mol. The highest BCUT2D eigenvalue weighted by Crippen LogP contribution is 2.05. The molecule has 0 unspecified atom stereocenters. The molecule has 0 fully saturated rings. The van der Waals surface area contributed by atoms with E-state index in [0.717, 1.165) is 5.56 Å². The maximum atomic E-state index is 11.6. The summed E-state index contributed by atoms with van der Waals surface area (Å²) in [7, 11) is 0. The zero-order valence-electron chi connectivity index (χ0n) is 10.5. The SMILES string of the molecule is CC(C)(C)N=C(N)NC(=O)Cc1ccccc1. The van der Waals surface area contributed by atoms with Gasteiger partial charge in [-0.25, -0.2) is 4.99 Å². The zero-order valence-corrected chi connectivity index (χ0v) is 10.5. The van der Waals surface area contributed by atoms with Crippen LogP contribution >= 0.6 is 0 Å². The molecule has 0 saturated carbocycles. The average molecular weight is 233 g/mol. The minimum absolute atomic E-state index is 0.151. The van der Waals surface area contributed by atoms with Gasteiger partial charge in [-0.2, -0.15) is 0 Å². The van der Waals surface area contributed by atoms with E-state index in [-0.39, 0.29) is 17.4 Å². The van der Waals surface area contributed by atoms with Crippen LogP contribution in [0.5, 0.6) is 0 Å². The molecule has 0 atom stereocenters. The lowest BCUT2D eigenvalue weighted by Crippen LogP contribution is -2.39. The summed E-state index contributed by atoms with van der Waals surface area (Å²) in [5, 5.41) is 2.57. The fourth-order valence-corrected chi connectivity index (χ4v) is 1.36. The van der Waals surface area contributed by atoms with E-state index < -0.39 is 0 Å². The van der Waals surface area contributed by atoms with Crippen molar-refractivity contribution in [2.75, 3.05) is 0 Å². The number of nitrogens with two attached hydrogens (primary N) is 1. The Morgan fingerprint density at radius 1 is 1.29 bits per heavy atom. The van der Waals surface area contributed by atoms with Gasteiger partial charge in [-0.3, -0.25) is 10.1 Å². The van der Waals surface area contributed by atoms with E-state index in [1.54, 1.807) is 0 Å². The summed E-state index contributed by atoms with van der Waals surface area (Å²) in [6.07, 6.45) is 0.307. The third-order valence-corrected chi connectivity index (χ3v) is 1.93. The average Bonchev–Trinajstić information content (AvgIpc) is 2.15. The molecule has 92 valence electrons. The number of carbonyl (C=O) groups is 1. The van der Waals surface area contributed by atoms with E-state index in [2.05, 4.69) is 10.3 Å². The van der Waals surface area contributed by atoms with Gasteiger partial charge in [0, 0.05) is 0 Å². The standard InChI is InChI=1S/C13H19N3O/c1-13(2,3)16-12(14)15-11(17)9-10-7-5-4-6-8-10/h4-8H,9H2,1-3H3,(H3,14,15,16,17). The molecule has 1 rings (SSSR count). The first-order chi connectivity index (χ1) is 7.87. The fourth-order valence-electron chi connectivity index (χ4n) is 1.36. The van der Waals surface area contributed by atoms with Crippen LogP contribution in [0.3, 0.4) is 0 Å². The second-order valence-corrected chi connectivity index (χ2v) is 4.88. The largest absolute Gasteiger partial charge is 0.370 e. The number of benzene rings is 1. The van der Waals surface area contributed by atoms with E-state index >= 15 is 0 Å². The molecule has 1 aromatic rings. The molecule has 0 spiro atoms. The summed E-state index contributed by atoms with van der Waals surface area (Å²) in [5.74, 6) is 0.0140. The number of amides is 1. The smallest absolute Gasteiger partial charge is 0.231 e. The quantitative estimate of drug-likeness (QED) is 0.600. The maximum absolute atomic E-state index is 11.6. The van der Waals surface area contributed by atoms with Crippen LogP contribution in [-0.4, -0.2) is 17.4 Å². The van der Waals surface area contributed by atoms with Crippen LogP contribution in [-0.2, 0) is 11.2 Å². The summed E-state index contributed by atoms with van der Waals surface area (Å²) in [6.45, 7) is 5.76. The Morgan fingerprint density at radius 2 is 1.88 bits per heavy atom. The molecule has 3 N–H and O–H groups in total. The van der Waals surface area contributed by atoms with Crippen LogP contribution in [0.15, 0.2) is 35.3 Å². The van der Waals surface area contributed by atoms with Crippen molar-refractivity contribution >= 4 is 11.9 Å². The van der Waals surface area contributed by atoms with Gasteiger partial charge in [-0.05, 0) is 26.3 Å². The molecule has 0 bridgehead atoms. The van der Waals surface area contributed by atoms with Crippen molar-refractivity contribution in [1.29, 1.82) is 0 Å². The van der Waals surface area contributed by atoms with Gasteiger partial charge in [-0.15, -0.1) is 0 Å². The van der Waals surface area contributed by atoms with Crippen molar-refractivity contribution in [3.05, 3.63) is 35.9 Å². The fraction of sp³-hybridized carbons (Fsp3) is 0.385. The molecule has 0 aliphatic heterocycles. The number of nitrogens with zero attached hydrogens (tertiary/aromatic N) is 1. The minimum atomic E-state index is -0.288. The lowest BCUT2D eigenvalue weighted by atomic mass is 10.1. The first-order valence-electron chi connectivity index (χ1n) is 5.56. The number of carbonyl (C=O) groups excluding carboxylic acids is 1. The van der Waals surface area contributed by atoms with Crippen molar-refractivity contribution in [2.45, 2.75) is 32.7 Å². The summed E-state index contributed by atoms with van der Waals surface area (Å²) in [6, 6.07) is 9.51. The van der Waals surface area contributed by atoms with Crippen LogP contribution in [0.25, 0.3) is 0 Å². The summed E-state index contributed by atoms with van der Waals surface area (Å²) < 4.78 is 0. The molecule has 0 saturated heterocycles. The number of guanidine groups is 1. The third kappa shape index (κ3) is 5.70. The lowest BCUT2D eigenvalue weighted by Gasteiger charge is -2.13. The topological polar surface area (TPSA) is 67.5 Å². The van der Waals surface area contributed by atoms with Gasteiger partial charge in [0.15, 0.2) is 5.96 Å². The van der Waals surface area contributed by atoms with Gasteiger partial charge in [0.2, 0.25) is 5.91 Å². The molecule has 0 aliphatic carbocycles. The Labute approximate surface area is 102 Å². The highest BCUT2D eigenvalue weighted by Gasteiger charge is 2.10. The molecule has 1 aromatic carbocycles. The maximum Gasteiger partial charge on any atom is 0.231 e.